The van der Waals surface area contributed by atoms with Crippen molar-refractivity contribution in [2.45, 2.75) is 58.1 Å². The summed E-state index contributed by atoms with van der Waals surface area (Å²) in [4.78, 5) is 51.5. The smallest absolute Gasteiger partial charge is 0.310 e. The lowest BCUT2D eigenvalue weighted by Gasteiger charge is -2.22. The van der Waals surface area contributed by atoms with Gasteiger partial charge in [0.25, 0.3) is 0 Å². The molecule has 32 heavy (non-hydrogen) atoms. The Labute approximate surface area is 190 Å². The van der Waals surface area contributed by atoms with Gasteiger partial charge in [0.2, 0.25) is 17.7 Å². The molecule has 0 aromatic heterocycles. The van der Waals surface area contributed by atoms with Gasteiger partial charge in [0.15, 0.2) is 0 Å². The zero-order valence-corrected chi connectivity index (χ0v) is 19.2. The second-order valence-electron chi connectivity index (χ2n) is 8.18. The molecule has 1 heterocycles. The minimum atomic E-state index is -1.00. The van der Waals surface area contributed by atoms with Crippen LogP contribution in [0.15, 0.2) is 25.3 Å². The fourth-order valence-corrected chi connectivity index (χ4v) is 3.36. The maximum Gasteiger partial charge on any atom is 0.310 e. The van der Waals surface area contributed by atoms with Crippen LogP contribution in [0.4, 0.5) is 0 Å². The Hall–Kier alpha value is -2.68. The summed E-state index contributed by atoms with van der Waals surface area (Å²) in [5.74, 6) is -3.25. The lowest BCUT2D eigenvalue weighted by molar-refractivity contribution is -0.156. The lowest BCUT2D eigenvalue weighted by atomic mass is 10.0. The molecular formula is C23H37N3O6. The summed E-state index contributed by atoms with van der Waals surface area (Å²) in [7, 11) is 0. The summed E-state index contributed by atoms with van der Waals surface area (Å²) in [6.45, 7) is 11.7. The molecule has 1 aliphatic rings. The van der Waals surface area contributed by atoms with Gasteiger partial charge in [-0.2, -0.15) is 0 Å². The molecule has 1 rings (SSSR count). The summed E-state index contributed by atoms with van der Waals surface area (Å²) in [6.07, 6.45) is 4.87. The highest BCUT2D eigenvalue weighted by Gasteiger charge is 2.29. The average Bonchev–Trinajstić information content (AvgIpc) is 3.30. The number of aliphatic hydroxyl groups is 1. The van der Waals surface area contributed by atoms with Crippen LogP contribution < -0.4 is 10.6 Å². The normalized spacial score (nSPS) is 16.9. The fourth-order valence-electron chi connectivity index (χ4n) is 3.36. The monoisotopic (exact) mass is 451 g/mol. The lowest BCUT2D eigenvalue weighted by Crippen LogP contribution is -2.46. The molecule has 1 aliphatic heterocycles. The third-order valence-corrected chi connectivity index (χ3v) is 5.24. The van der Waals surface area contributed by atoms with Gasteiger partial charge in [-0.25, -0.2) is 0 Å². The quantitative estimate of drug-likeness (QED) is 0.205. The molecule has 0 saturated carbocycles. The van der Waals surface area contributed by atoms with Crippen molar-refractivity contribution in [3.8, 4) is 0 Å². The van der Waals surface area contributed by atoms with E-state index in [2.05, 4.69) is 23.8 Å². The second kappa shape index (κ2) is 14.4. The summed E-state index contributed by atoms with van der Waals surface area (Å²) < 4.78 is 5.44. The van der Waals surface area contributed by atoms with E-state index in [1.807, 2.05) is 0 Å². The molecule has 3 N–H and O–H groups in total. The first-order chi connectivity index (χ1) is 15.2. The van der Waals surface area contributed by atoms with E-state index in [0.717, 1.165) is 12.8 Å². The number of hydrogen-bond donors (Lipinski definition) is 3. The number of carbonyl (C=O) groups is 4. The van der Waals surface area contributed by atoms with Crippen LogP contribution >= 0.6 is 0 Å². The van der Waals surface area contributed by atoms with Gasteiger partial charge in [-0.15, -0.1) is 13.2 Å². The predicted molar refractivity (Wildman–Crippen MR) is 120 cm³/mol. The van der Waals surface area contributed by atoms with Crippen molar-refractivity contribution in [2.75, 3.05) is 26.2 Å². The van der Waals surface area contributed by atoms with Crippen LogP contribution in [0, 0.1) is 11.8 Å². The number of esters is 1. The van der Waals surface area contributed by atoms with Gasteiger partial charge in [-0.3, -0.25) is 19.2 Å². The van der Waals surface area contributed by atoms with Crippen LogP contribution in [0.2, 0.25) is 0 Å². The van der Waals surface area contributed by atoms with Gasteiger partial charge in [0, 0.05) is 25.6 Å². The van der Waals surface area contributed by atoms with Crippen LogP contribution in [0.25, 0.3) is 0 Å². The Morgan fingerprint density at radius 2 is 1.69 bits per heavy atom. The van der Waals surface area contributed by atoms with Gasteiger partial charge >= 0.3 is 5.97 Å². The molecule has 0 aliphatic carbocycles. The molecule has 9 heteroatoms. The van der Waals surface area contributed by atoms with E-state index in [4.69, 9.17) is 9.84 Å². The van der Waals surface area contributed by atoms with Crippen molar-refractivity contribution in [3.63, 3.8) is 0 Å². The number of amides is 3. The molecule has 1 fully saturated rings. The number of rotatable bonds is 14. The number of nitrogens with zero attached hydrogens (tertiary/aromatic N) is 1. The zero-order chi connectivity index (χ0) is 24.1. The Morgan fingerprint density at radius 3 is 2.25 bits per heavy atom. The van der Waals surface area contributed by atoms with Gasteiger partial charge < -0.3 is 25.4 Å². The van der Waals surface area contributed by atoms with E-state index >= 15 is 0 Å². The number of allylic oxidation sites excluding steroid dienone is 2. The fraction of sp³-hybridized carbons (Fsp3) is 0.652. The first-order valence-corrected chi connectivity index (χ1v) is 11.1. The van der Waals surface area contributed by atoms with Crippen molar-refractivity contribution in [1.29, 1.82) is 0 Å². The van der Waals surface area contributed by atoms with E-state index < -0.39 is 41.8 Å². The summed E-state index contributed by atoms with van der Waals surface area (Å²) in [6, 6.07) is -0.479. The van der Waals surface area contributed by atoms with Crippen molar-refractivity contribution in [3.05, 3.63) is 25.3 Å². The van der Waals surface area contributed by atoms with E-state index in [-0.39, 0.29) is 31.9 Å². The highest BCUT2D eigenvalue weighted by atomic mass is 16.5. The van der Waals surface area contributed by atoms with Gasteiger partial charge in [0.1, 0.15) is 12.0 Å². The first-order valence-electron chi connectivity index (χ1n) is 11.1. The molecule has 4 atom stereocenters. The maximum atomic E-state index is 12.6. The largest absolute Gasteiger partial charge is 0.461 e. The van der Waals surface area contributed by atoms with E-state index in [9.17, 15) is 19.2 Å². The minimum Gasteiger partial charge on any atom is -0.461 e. The zero-order valence-electron chi connectivity index (χ0n) is 19.2. The number of aliphatic hydroxyl groups excluding tert-OH is 1. The van der Waals surface area contributed by atoms with Crippen molar-refractivity contribution >= 4 is 23.7 Å². The maximum absolute atomic E-state index is 12.6. The summed E-state index contributed by atoms with van der Waals surface area (Å²) >= 11 is 0. The second-order valence-corrected chi connectivity index (χ2v) is 8.18. The standard InChI is InChI=1S/C23H37N3O6/c1-5-9-18(13-20(28)26-11-7-8-12-26)23(31)32-17(4)14-24-21(29)19(10-6-2)22(30)25-16(3)15-27/h5-6,16-19,27H,1-2,7-15H2,3-4H3,(H,24,29)(H,25,30)/t16-,17-,18-,19?/m0/s1. The highest BCUT2D eigenvalue weighted by Crippen LogP contribution is 2.17. The Balaban J connectivity index is 2.58. The van der Waals surface area contributed by atoms with Crippen molar-refractivity contribution in [2.24, 2.45) is 11.8 Å². The molecule has 1 unspecified atom stereocenters. The van der Waals surface area contributed by atoms with Crippen LogP contribution in [0.1, 0.15) is 46.0 Å². The molecule has 0 spiro atoms. The third-order valence-electron chi connectivity index (χ3n) is 5.24. The van der Waals surface area contributed by atoms with Gasteiger partial charge in [0.05, 0.1) is 19.1 Å². The number of carbonyl (C=O) groups excluding carboxylic acids is 4. The van der Waals surface area contributed by atoms with Crippen molar-refractivity contribution < 1.29 is 29.0 Å². The highest BCUT2D eigenvalue weighted by molar-refractivity contribution is 6.00. The molecule has 1 saturated heterocycles. The van der Waals surface area contributed by atoms with Gasteiger partial charge in [-0.1, -0.05) is 12.2 Å². The Bertz CT molecular complexity index is 675. The third kappa shape index (κ3) is 9.21. The van der Waals surface area contributed by atoms with Crippen LogP contribution in [-0.2, 0) is 23.9 Å². The van der Waals surface area contributed by atoms with Gasteiger partial charge in [-0.05, 0) is 39.5 Å². The molecule has 9 nitrogen and oxygen atoms in total. The summed E-state index contributed by atoms with van der Waals surface area (Å²) in [5, 5.41) is 14.3. The molecular weight excluding hydrogens is 414 g/mol. The Morgan fingerprint density at radius 1 is 1.06 bits per heavy atom. The van der Waals surface area contributed by atoms with E-state index in [0.29, 0.717) is 19.5 Å². The van der Waals surface area contributed by atoms with Crippen molar-refractivity contribution in [1.82, 2.24) is 15.5 Å². The molecule has 0 aromatic carbocycles. The molecule has 3 amide bonds. The minimum absolute atomic E-state index is 0.0158. The van der Waals surface area contributed by atoms with E-state index in [1.165, 1.54) is 6.08 Å². The number of ether oxygens (including phenoxy) is 1. The topological polar surface area (TPSA) is 125 Å². The number of hydrogen-bond acceptors (Lipinski definition) is 6. The first kappa shape index (κ1) is 27.4. The molecule has 0 aromatic rings. The molecule has 0 bridgehead atoms. The van der Waals surface area contributed by atoms with E-state index in [1.54, 1.807) is 24.8 Å². The molecule has 0 radical (unpaired) electrons. The van der Waals surface area contributed by atoms with Crippen LogP contribution in [0.5, 0.6) is 0 Å². The Kier molecular flexibility index (Phi) is 12.3. The number of nitrogens with one attached hydrogen (secondary N) is 2. The average molecular weight is 452 g/mol. The number of likely N-dealkylation sites (tertiary alicyclic amines) is 1. The molecule has 180 valence electrons. The SMILES string of the molecule is C=CCC(C(=O)NC[C@H](C)OC(=O)[C@@H](CC=C)CC(=O)N1CCCC1)C(=O)N[C@@H](C)CO. The summed E-state index contributed by atoms with van der Waals surface area (Å²) in [5.41, 5.74) is 0. The van der Waals surface area contributed by atoms with Crippen LogP contribution in [0.3, 0.4) is 0 Å². The van der Waals surface area contributed by atoms with Crippen LogP contribution in [-0.4, -0.2) is 72.1 Å². The predicted octanol–water partition coefficient (Wildman–Crippen LogP) is 0.928.